The predicted octanol–water partition coefficient (Wildman–Crippen LogP) is 2.74. The van der Waals surface area contributed by atoms with Crippen LogP contribution in [0.25, 0.3) is 0 Å². The summed E-state index contributed by atoms with van der Waals surface area (Å²) in [5, 5.41) is 1.10. The number of carbonyl (C=O) groups excluding carboxylic acids is 1. The van der Waals surface area contributed by atoms with E-state index >= 15 is 0 Å². The molecule has 22 heavy (non-hydrogen) atoms. The predicted molar refractivity (Wildman–Crippen MR) is 78.8 cm³/mol. The summed E-state index contributed by atoms with van der Waals surface area (Å²) < 4.78 is 18.5. The number of ether oxygens (including phenoxy) is 1. The Kier molecular flexibility index (Phi) is 5.06. The number of aryl methyl sites for hydroxylation is 1. The molecule has 0 atom stereocenters. The number of hydrogen-bond donors (Lipinski definition) is 0. The minimum Gasteiger partial charge on any atom is -0.487 e. The fraction of sp³-hybridized carbons (Fsp3) is 0.250. The van der Waals surface area contributed by atoms with E-state index in [1.165, 1.54) is 32.5 Å². The zero-order valence-electron chi connectivity index (χ0n) is 12.7. The number of hydroxylamine groups is 2. The molecule has 1 amide bonds. The molecule has 0 N–H and O–H groups in total. The van der Waals surface area contributed by atoms with Crippen molar-refractivity contribution in [1.29, 1.82) is 0 Å². The summed E-state index contributed by atoms with van der Waals surface area (Å²) in [4.78, 5) is 20.8. The molecule has 0 radical (unpaired) electrons. The average molecular weight is 304 g/mol. The van der Waals surface area contributed by atoms with Crippen molar-refractivity contribution in [2.75, 3.05) is 14.2 Å². The van der Waals surface area contributed by atoms with Crippen molar-refractivity contribution in [3.63, 3.8) is 0 Å². The number of nitrogens with zero attached hydrogens (tertiary/aromatic N) is 2. The number of carbonyl (C=O) groups is 1. The van der Waals surface area contributed by atoms with Crippen molar-refractivity contribution >= 4 is 5.91 Å². The minimum atomic E-state index is -0.337. The Hall–Kier alpha value is -2.47. The lowest BCUT2D eigenvalue weighted by atomic mass is 10.2. The van der Waals surface area contributed by atoms with Gasteiger partial charge < -0.3 is 4.74 Å². The third kappa shape index (κ3) is 3.79. The second kappa shape index (κ2) is 7.00. The van der Waals surface area contributed by atoms with Gasteiger partial charge in [-0.25, -0.2) is 14.4 Å². The molecule has 2 rings (SSSR count). The van der Waals surface area contributed by atoms with Crippen LogP contribution in [0.3, 0.4) is 0 Å². The molecule has 0 aliphatic rings. The fourth-order valence-corrected chi connectivity index (χ4v) is 1.80. The maximum Gasteiger partial charge on any atom is 0.295 e. The molecule has 6 heteroatoms. The van der Waals surface area contributed by atoms with Crippen LogP contribution in [0, 0.1) is 12.7 Å². The maximum absolute atomic E-state index is 12.8. The van der Waals surface area contributed by atoms with E-state index in [2.05, 4.69) is 4.98 Å². The Balaban J connectivity index is 2.06. The smallest absolute Gasteiger partial charge is 0.295 e. The molecule has 0 fully saturated rings. The Labute approximate surface area is 128 Å². The summed E-state index contributed by atoms with van der Waals surface area (Å²) in [6.07, 6.45) is 1.50. The molecule has 116 valence electrons. The molecule has 0 aliphatic carbocycles. The number of hydrogen-bond acceptors (Lipinski definition) is 4. The van der Waals surface area contributed by atoms with Gasteiger partial charge in [-0.1, -0.05) is 12.1 Å². The molecular weight excluding hydrogens is 287 g/mol. The first-order valence-corrected chi connectivity index (χ1v) is 6.67. The van der Waals surface area contributed by atoms with E-state index in [1.54, 1.807) is 18.2 Å². The normalized spacial score (nSPS) is 10.4. The highest BCUT2D eigenvalue weighted by molar-refractivity contribution is 5.91. The highest BCUT2D eigenvalue weighted by Crippen LogP contribution is 2.19. The molecule has 0 saturated carbocycles. The van der Waals surface area contributed by atoms with Crippen molar-refractivity contribution in [2.24, 2.45) is 0 Å². The lowest BCUT2D eigenvalue weighted by Gasteiger charge is -2.14. The van der Waals surface area contributed by atoms with Crippen molar-refractivity contribution in [3.8, 4) is 5.75 Å². The largest absolute Gasteiger partial charge is 0.487 e. The third-order valence-corrected chi connectivity index (χ3v) is 3.15. The molecule has 2 aromatic rings. The monoisotopic (exact) mass is 304 g/mol. The second-order valence-electron chi connectivity index (χ2n) is 4.74. The number of benzene rings is 1. The summed E-state index contributed by atoms with van der Waals surface area (Å²) in [6.45, 7) is 2.12. The molecule has 1 heterocycles. The van der Waals surface area contributed by atoms with Crippen molar-refractivity contribution in [3.05, 3.63) is 59.2 Å². The quantitative estimate of drug-likeness (QED) is 0.797. The van der Waals surface area contributed by atoms with Gasteiger partial charge in [-0.05, 0) is 36.2 Å². The van der Waals surface area contributed by atoms with Crippen molar-refractivity contribution in [1.82, 2.24) is 10.0 Å². The van der Waals surface area contributed by atoms with Gasteiger partial charge in [0.15, 0.2) is 0 Å². The van der Waals surface area contributed by atoms with Gasteiger partial charge in [-0.15, -0.1) is 0 Å². The van der Waals surface area contributed by atoms with Gasteiger partial charge >= 0.3 is 0 Å². The van der Waals surface area contributed by atoms with Crippen LogP contribution in [0.2, 0.25) is 0 Å². The molecular formula is C16H17FN2O3. The fourth-order valence-electron chi connectivity index (χ4n) is 1.80. The van der Waals surface area contributed by atoms with E-state index in [1.807, 2.05) is 6.92 Å². The topological polar surface area (TPSA) is 51.7 Å². The molecule has 0 bridgehead atoms. The van der Waals surface area contributed by atoms with Crippen LogP contribution < -0.4 is 4.74 Å². The number of halogens is 1. The van der Waals surface area contributed by atoms with Crippen LogP contribution in [-0.4, -0.2) is 30.1 Å². The van der Waals surface area contributed by atoms with Gasteiger partial charge in [-0.3, -0.25) is 9.63 Å². The number of amides is 1. The Bertz CT molecular complexity index is 659. The van der Waals surface area contributed by atoms with Crippen LogP contribution in [0.1, 0.15) is 21.6 Å². The summed E-state index contributed by atoms with van der Waals surface area (Å²) in [5.41, 5.74) is 1.90. The number of aromatic nitrogens is 1. The van der Waals surface area contributed by atoms with Crippen LogP contribution in [0.4, 0.5) is 4.39 Å². The number of pyridine rings is 1. The molecule has 0 spiro atoms. The highest BCUT2D eigenvalue weighted by Gasteiger charge is 2.14. The molecule has 1 aromatic heterocycles. The van der Waals surface area contributed by atoms with E-state index in [0.717, 1.165) is 16.2 Å². The summed E-state index contributed by atoms with van der Waals surface area (Å²) in [7, 11) is 2.92. The van der Waals surface area contributed by atoms with Gasteiger partial charge in [0.1, 0.15) is 23.9 Å². The van der Waals surface area contributed by atoms with Gasteiger partial charge in [0.2, 0.25) is 0 Å². The summed E-state index contributed by atoms with van der Waals surface area (Å²) >= 11 is 0. The first-order valence-electron chi connectivity index (χ1n) is 6.67. The zero-order valence-corrected chi connectivity index (χ0v) is 12.7. The Morgan fingerprint density at radius 2 is 2.00 bits per heavy atom. The van der Waals surface area contributed by atoms with Crippen LogP contribution in [-0.2, 0) is 11.4 Å². The Morgan fingerprint density at radius 1 is 1.32 bits per heavy atom. The molecule has 5 nitrogen and oxygen atoms in total. The maximum atomic E-state index is 12.8. The van der Waals surface area contributed by atoms with E-state index in [0.29, 0.717) is 12.4 Å². The molecule has 1 aromatic carbocycles. The number of rotatable bonds is 5. The van der Waals surface area contributed by atoms with Gasteiger partial charge in [0, 0.05) is 7.05 Å². The van der Waals surface area contributed by atoms with Crippen LogP contribution in [0.15, 0.2) is 36.5 Å². The third-order valence-electron chi connectivity index (χ3n) is 3.15. The minimum absolute atomic E-state index is 0.274. The molecule has 0 saturated heterocycles. The van der Waals surface area contributed by atoms with E-state index < -0.39 is 0 Å². The molecule has 0 aliphatic heterocycles. The van der Waals surface area contributed by atoms with E-state index in [-0.39, 0.29) is 17.4 Å². The van der Waals surface area contributed by atoms with Crippen LogP contribution >= 0.6 is 0 Å². The van der Waals surface area contributed by atoms with E-state index in [4.69, 9.17) is 9.57 Å². The zero-order chi connectivity index (χ0) is 16.1. The summed E-state index contributed by atoms with van der Waals surface area (Å²) in [6, 6.07) is 7.71. The lowest BCUT2D eigenvalue weighted by molar-refractivity contribution is -0.0760. The van der Waals surface area contributed by atoms with Crippen molar-refractivity contribution in [2.45, 2.75) is 13.5 Å². The standard InChI is InChI=1S/C16H17FN2O3/c1-11-8-14(16(20)19(2)21-3)18-9-15(11)22-10-12-4-6-13(17)7-5-12/h4-9H,10H2,1-3H3. The first-order chi connectivity index (χ1) is 10.5. The molecule has 0 unspecified atom stereocenters. The van der Waals surface area contributed by atoms with E-state index in [9.17, 15) is 9.18 Å². The second-order valence-corrected chi connectivity index (χ2v) is 4.74. The van der Waals surface area contributed by atoms with Gasteiger partial charge in [0.05, 0.1) is 13.3 Å². The SMILES string of the molecule is CON(C)C(=O)c1cc(C)c(OCc2ccc(F)cc2)cn1. The summed E-state index contributed by atoms with van der Waals surface area (Å²) in [5.74, 6) is -0.0524. The van der Waals surface area contributed by atoms with Crippen LogP contribution in [0.5, 0.6) is 5.75 Å². The van der Waals surface area contributed by atoms with Crippen molar-refractivity contribution < 1.29 is 18.8 Å². The van der Waals surface area contributed by atoms with Gasteiger partial charge in [-0.2, -0.15) is 0 Å². The average Bonchev–Trinajstić information content (AvgIpc) is 2.53. The highest BCUT2D eigenvalue weighted by atomic mass is 19.1. The lowest BCUT2D eigenvalue weighted by Crippen LogP contribution is -2.26. The Morgan fingerprint density at radius 3 is 2.59 bits per heavy atom. The first kappa shape index (κ1) is 15.9. The van der Waals surface area contributed by atoms with Gasteiger partial charge in [0.25, 0.3) is 5.91 Å².